The molecule has 1 heterocycles. The topological polar surface area (TPSA) is 101 Å². The number of esters is 1. The largest absolute Gasteiger partial charge is 0.507 e. The third-order valence-electron chi connectivity index (χ3n) is 4.50. The summed E-state index contributed by atoms with van der Waals surface area (Å²) >= 11 is 0. The lowest BCUT2D eigenvalue weighted by molar-refractivity contribution is -0.143. The predicted molar refractivity (Wildman–Crippen MR) is 106 cm³/mol. The number of carbonyl (C=O) groups excluding carboxylic acids is 2. The van der Waals surface area contributed by atoms with Gasteiger partial charge in [-0.1, -0.05) is 0 Å². The Morgan fingerprint density at radius 3 is 2.21 bits per heavy atom. The van der Waals surface area contributed by atoms with Gasteiger partial charge in [-0.05, 0) is 37.3 Å². The van der Waals surface area contributed by atoms with Crippen molar-refractivity contribution in [1.29, 1.82) is 0 Å². The highest BCUT2D eigenvalue weighted by Crippen LogP contribution is 2.38. The van der Waals surface area contributed by atoms with Crippen LogP contribution < -0.4 is 5.32 Å². The minimum Gasteiger partial charge on any atom is -0.507 e. The molecule has 7 nitrogen and oxygen atoms in total. The number of benzene rings is 2. The molecule has 2 aromatic carbocycles. The molecule has 13 heteroatoms. The molecule has 0 unspecified atom stereocenters. The highest BCUT2D eigenvalue weighted by atomic mass is 19.4. The van der Waals surface area contributed by atoms with Crippen molar-refractivity contribution in [3.05, 3.63) is 53.2 Å². The first-order valence-electron chi connectivity index (χ1n) is 9.53. The lowest BCUT2D eigenvalue weighted by atomic mass is 10.0. The van der Waals surface area contributed by atoms with Gasteiger partial charge in [0.25, 0.3) is 5.91 Å². The Bertz CT molecular complexity index is 1230. The number of carbonyl (C=O) groups is 2. The SMILES string of the molecule is CCOC(=O)CNC(=O)c1c(O)ccc2nc(-c3cc(C(F)(F)F)cc(C(F)(F)F)c3)cnc12. The zero-order valence-corrected chi connectivity index (χ0v) is 17.2. The van der Waals surface area contributed by atoms with Crippen LogP contribution in [0.3, 0.4) is 0 Å². The Labute approximate surface area is 187 Å². The van der Waals surface area contributed by atoms with Crippen molar-refractivity contribution in [2.75, 3.05) is 13.2 Å². The molecule has 0 saturated carbocycles. The molecule has 0 radical (unpaired) electrons. The third kappa shape index (κ3) is 5.35. The maximum atomic E-state index is 13.2. The minimum atomic E-state index is -5.05. The molecule has 0 aliphatic carbocycles. The first-order chi connectivity index (χ1) is 15.8. The summed E-state index contributed by atoms with van der Waals surface area (Å²) in [6.07, 6.45) is -9.22. The van der Waals surface area contributed by atoms with Gasteiger partial charge in [-0.25, -0.2) is 4.98 Å². The maximum absolute atomic E-state index is 13.2. The van der Waals surface area contributed by atoms with Gasteiger partial charge in [0.2, 0.25) is 0 Å². The van der Waals surface area contributed by atoms with E-state index in [-0.39, 0.29) is 35.0 Å². The van der Waals surface area contributed by atoms with E-state index in [2.05, 4.69) is 20.0 Å². The summed E-state index contributed by atoms with van der Waals surface area (Å²) in [6.45, 7) is 1.12. The normalized spacial score (nSPS) is 12.0. The van der Waals surface area contributed by atoms with E-state index in [4.69, 9.17) is 0 Å². The van der Waals surface area contributed by atoms with Crippen LogP contribution in [0.25, 0.3) is 22.3 Å². The second-order valence-electron chi connectivity index (χ2n) is 6.86. The number of phenols is 1. The summed E-state index contributed by atoms with van der Waals surface area (Å²) in [7, 11) is 0. The molecule has 3 aromatic rings. The number of halogens is 6. The number of aromatic nitrogens is 2. The van der Waals surface area contributed by atoms with Crippen molar-refractivity contribution < 1.29 is 45.8 Å². The van der Waals surface area contributed by atoms with E-state index < -0.39 is 53.2 Å². The zero-order valence-electron chi connectivity index (χ0n) is 17.2. The van der Waals surface area contributed by atoms with Crippen molar-refractivity contribution in [3.63, 3.8) is 0 Å². The first-order valence-corrected chi connectivity index (χ1v) is 9.53. The van der Waals surface area contributed by atoms with Gasteiger partial charge in [0.1, 0.15) is 23.4 Å². The molecular weight excluding hydrogens is 472 g/mol. The van der Waals surface area contributed by atoms with Gasteiger partial charge in [-0.3, -0.25) is 14.6 Å². The van der Waals surface area contributed by atoms with Gasteiger partial charge < -0.3 is 15.2 Å². The molecule has 3 rings (SSSR count). The van der Waals surface area contributed by atoms with Crippen LogP contribution in [0.5, 0.6) is 5.75 Å². The Morgan fingerprint density at radius 2 is 1.65 bits per heavy atom. The number of nitrogens with one attached hydrogen (secondary N) is 1. The van der Waals surface area contributed by atoms with E-state index in [0.717, 1.165) is 12.3 Å². The predicted octanol–water partition coefficient (Wildman–Crippen LogP) is 4.33. The summed E-state index contributed by atoms with van der Waals surface area (Å²) in [4.78, 5) is 31.8. The fraction of sp³-hybridized carbons (Fsp3) is 0.238. The van der Waals surface area contributed by atoms with E-state index in [1.54, 1.807) is 6.92 Å². The highest BCUT2D eigenvalue weighted by Gasteiger charge is 2.37. The zero-order chi connectivity index (χ0) is 25.3. The molecule has 0 spiro atoms. The lowest BCUT2D eigenvalue weighted by Crippen LogP contribution is -2.31. The first kappa shape index (κ1) is 24.7. The number of alkyl halides is 6. The maximum Gasteiger partial charge on any atom is 0.416 e. The standard InChI is InChI=1S/C21H15F6N3O4/c1-2-34-16(32)9-29-19(33)17-15(31)4-3-13-18(17)28-8-14(30-13)10-5-11(20(22,23)24)7-12(6-10)21(25,26)27/h3-8,31H,2,9H2,1H3,(H,29,33). The van der Waals surface area contributed by atoms with Crippen LogP contribution in [0.4, 0.5) is 26.3 Å². The van der Waals surface area contributed by atoms with Crippen molar-refractivity contribution in [1.82, 2.24) is 15.3 Å². The number of nitrogens with zero attached hydrogens (tertiary/aromatic N) is 2. The van der Waals surface area contributed by atoms with E-state index in [1.807, 2.05) is 0 Å². The minimum absolute atomic E-state index is 0.0119. The number of fused-ring (bicyclic) bond motifs is 1. The Hall–Kier alpha value is -3.90. The van der Waals surface area contributed by atoms with Gasteiger partial charge in [0.05, 0.1) is 35.1 Å². The van der Waals surface area contributed by atoms with Gasteiger partial charge >= 0.3 is 18.3 Å². The molecule has 0 saturated heterocycles. The van der Waals surface area contributed by atoms with Gasteiger partial charge in [-0.2, -0.15) is 26.3 Å². The average Bonchev–Trinajstić information content (AvgIpc) is 2.76. The van der Waals surface area contributed by atoms with Gasteiger partial charge in [0.15, 0.2) is 0 Å². The molecule has 0 aliphatic rings. The fourth-order valence-electron chi connectivity index (χ4n) is 2.99. The highest BCUT2D eigenvalue weighted by molar-refractivity contribution is 6.08. The Morgan fingerprint density at radius 1 is 1.03 bits per heavy atom. The lowest BCUT2D eigenvalue weighted by Gasteiger charge is -2.14. The number of phenolic OH excluding ortho intramolecular Hbond substituents is 1. The van der Waals surface area contributed by atoms with E-state index in [1.165, 1.54) is 6.07 Å². The summed E-state index contributed by atoms with van der Waals surface area (Å²) in [5.41, 5.74) is -4.55. The summed E-state index contributed by atoms with van der Waals surface area (Å²) in [5.74, 6) is -2.19. The Balaban J connectivity index is 2.07. The monoisotopic (exact) mass is 487 g/mol. The van der Waals surface area contributed by atoms with Crippen molar-refractivity contribution in [3.8, 4) is 17.0 Å². The molecule has 34 heavy (non-hydrogen) atoms. The number of ether oxygens (including phenoxy) is 1. The number of hydrogen-bond acceptors (Lipinski definition) is 6. The Kier molecular flexibility index (Phi) is 6.66. The number of rotatable bonds is 5. The van der Waals surface area contributed by atoms with E-state index in [9.17, 15) is 41.0 Å². The smallest absolute Gasteiger partial charge is 0.416 e. The molecule has 0 fully saturated rings. The summed E-state index contributed by atoms with van der Waals surface area (Å²) < 4.78 is 83.6. The fourth-order valence-corrected chi connectivity index (χ4v) is 2.99. The molecule has 1 amide bonds. The molecule has 1 aromatic heterocycles. The second kappa shape index (κ2) is 9.15. The van der Waals surface area contributed by atoms with Crippen LogP contribution in [0, 0.1) is 0 Å². The molecule has 0 atom stereocenters. The van der Waals surface area contributed by atoms with E-state index in [0.29, 0.717) is 12.1 Å². The van der Waals surface area contributed by atoms with Crippen LogP contribution in [0.1, 0.15) is 28.4 Å². The number of amides is 1. The summed E-state index contributed by atoms with van der Waals surface area (Å²) in [6, 6.07) is 3.22. The number of aromatic hydroxyl groups is 1. The third-order valence-corrected chi connectivity index (χ3v) is 4.50. The van der Waals surface area contributed by atoms with Gasteiger partial charge in [-0.15, -0.1) is 0 Å². The van der Waals surface area contributed by atoms with E-state index >= 15 is 0 Å². The van der Waals surface area contributed by atoms with Crippen LogP contribution >= 0.6 is 0 Å². The van der Waals surface area contributed by atoms with Crippen molar-refractivity contribution >= 4 is 22.9 Å². The number of hydrogen-bond donors (Lipinski definition) is 2. The van der Waals surface area contributed by atoms with Crippen LogP contribution in [-0.4, -0.2) is 40.1 Å². The molecular formula is C21H15F6N3O4. The van der Waals surface area contributed by atoms with Gasteiger partial charge in [0, 0.05) is 5.56 Å². The molecule has 180 valence electrons. The average molecular weight is 487 g/mol. The van der Waals surface area contributed by atoms with Crippen LogP contribution in [-0.2, 0) is 21.9 Å². The molecule has 2 N–H and O–H groups in total. The summed E-state index contributed by atoms with van der Waals surface area (Å²) in [5, 5.41) is 12.3. The quantitative estimate of drug-likeness (QED) is 0.411. The second-order valence-corrected chi connectivity index (χ2v) is 6.86. The van der Waals surface area contributed by atoms with Crippen LogP contribution in [0.15, 0.2) is 36.5 Å². The van der Waals surface area contributed by atoms with Crippen LogP contribution in [0.2, 0.25) is 0 Å². The molecule has 0 aliphatic heterocycles. The molecule has 0 bridgehead atoms. The van der Waals surface area contributed by atoms with Crippen molar-refractivity contribution in [2.45, 2.75) is 19.3 Å². The van der Waals surface area contributed by atoms with Crippen molar-refractivity contribution in [2.24, 2.45) is 0 Å².